The summed E-state index contributed by atoms with van der Waals surface area (Å²) in [6.07, 6.45) is 0.601. The maximum Gasteiger partial charge on any atom is 0.272 e. The van der Waals surface area contributed by atoms with Crippen LogP contribution in [-0.2, 0) is 6.42 Å². The van der Waals surface area contributed by atoms with E-state index in [1.54, 1.807) is 0 Å². The number of hydrogen-bond acceptors (Lipinski definition) is 2. The molecule has 14 heavy (non-hydrogen) atoms. The van der Waals surface area contributed by atoms with E-state index in [0.29, 0.717) is 17.9 Å². The van der Waals surface area contributed by atoms with Gasteiger partial charge in [0, 0.05) is 6.07 Å². The van der Waals surface area contributed by atoms with Gasteiger partial charge in [0.2, 0.25) is 0 Å². The van der Waals surface area contributed by atoms with E-state index in [4.69, 9.17) is 0 Å². The van der Waals surface area contributed by atoms with Gasteiger partial charge in [0.25, 0.3) is 5.69 Å². The van der Waals surface area contributed by atoms with E-state index in [-0.39, 0.29) is 5.69 Å². The zero-order valence-electron chi connectivity index (χ0n) is 8.16. The summed E-state index contributed by atoms with van der Waals surface area (Å²) >= 11 is 0. The average Bonchev–Trinajstić information content (AvgIpc) is 2.07. The molecule has 1 rings (SSSR count). The van der Waals surface area contributed by atoms with Gasteiger partial charge in [-0.15, -0.1) is 0 Å². The number of nitro benzene ring substituents is 1. The molecule has 4 heteroatoms. The standard InChI is InChI=1S/C10H12FNO2/c1-7(2)5-8-3-4-9(12(13)14)6-10(8)11/h3-4,6-7H,5H2,1-2H3. The van der Waals surface area contributed by atoms with Crippen LogP contribution in [0, 0.1) is 21.8 Å². The van der Waals surface area contributed by atoms with Gasteiger partial charge in [0.05, 0.1) is 11.0 Å². The van der Waals surface area contributed by atoms with Crippen molar-refractivity contribution in [2.45, 2.75) is 20.3 Å². The lowest BCUT2D eigenvalue weighted by atomic mass is 10.0. The fourth-order valence-electron chi connectivity index (χ4n) is 1.26. The largest absolute Gasteiger partial charge is 0.272 e. The first kappa shape index (κ1) is 10.6. The molecule has 3 nitrogen and oxygen atoms in total. The monoisotopic (exact) mass is 197 g/mol. The third kappa shape index (κ3) is 2.52. The molecule has 0 aromatic heterocycles. The summed E-state index contributed by atoms with van der Waals surface area (Å²) in [6, 6.07) is 3.78. The second-order valence-electron chi connectivity index (χ2n) is 3.63. The topological polar surface area (TPSA) is 43.1 Å². The van der Waals surface area contributed by atoms with Crippen molar-refractivity contribution >= 4 is 5.69 Å². The van der Waals surface area contributed by atoms with Gasteiger partial charge in [-0.05, 0) is 24.0 Å². The molecule has 1 aromatic carbocycles. The number of rotatable bonds is 3. The highest BCUT2D eigenvalue weighted by molar-refractivity contribution is 5.34. The van der Waals surface area contributed by atoms with Gasteiger partial charge < -0.3 is 0 Å². The van der Waals surface area contributed by atoms with Crippen molar-refractivity contribution in [3.8, 4) is 0 Å². The van der Waals surface area contributed by atoms with Crippen LogP contribution in [0.25, 0.3) is 0 Å². The minimum atomic E-state index is -0.595. The van der Waals surface area contributed by atoms with Crippen LogP contribution in [0.3, 0.4) is 0 Å². The van der Waals surface area contributed by atoms with Crippen LogP contribution in [-0.4, -0.2) is 4.92 Å². The van der Waals surface area contributed by atoms with Gasteiger partial charge in [0.1, 0.15) is 5.82 Å². The first-order chi connectivity index (χ1) is 6.50. The van der Waals surface area contributed by atoms with Crippen LogP contribution >= 0.6 is 0 Å². The molecule has 0 N–H and O–H groups in total. The molecule has 1 aromatic rings. The Hall–Kier alpha value is -1.45. The predicted molar refractivity (Wildman–Crippen MR) is 51.6 cm³/mol. The van der Waals surface area contributed by atoms with Crippen molar-refractivity contribution < 1.29 is 9.31 Å². The highest BCUT2D eigenvalue weighted by Gasteiger charge is 2.11. The molecular weight excluding hydrogens is 185 g/mol. The summed E-state index contributed by atoms with van der Waals surface area (Å²) in [6.45, 7) is 3.95. The van der Waals surface area contributed by atoms with Gasteiger partial charge >= 0.3 is 0 Å². The molecule has 0 fully saturated rings. The van der Waals surface area contributed by atoms with Gasteiger partial charge in [-0.3, -0.25) is 10.1 Å². The van der Waals surface area contributed by atoms with E-state index in [1.807, 2.05) is 13.8 Å². The van der Waals surface area contributed by atoms with Gasteiger partial charge in [-0.25, -0.2) is 4.39 Å². The Balaban J connectivity index is 2.95. The second kappa shape index (κ2) is 4.17. The van der Waals surface area contributed by atoms with Crippen LogP contribution in [0.15, 0.2) is 18.2 Å². The SMILES string of the molecule is CC(C)Cc1ccc([N+](=O)[O-])cc1F. The normalized spacial score (nSPS) is 10.6. The van der Waals surface area contributed by atoms with Crippen molar-refractivity contribution in [2.75, 3.05) is 0 Å². The summed E-state index contributed by atoms with van der Waals surface area (Å²) in [7, 11) is 0. The number of hydrogen-bond donors (Lipinski definition) is 0. The lowest BCUT2D eigenvalue weighted by Crippen LogP contribution is -1.98. The molecule has 0 saturated heterocycles. The molecule has 0 spiro atoms. The van der Waals surface area contributed by atoms with E-state index in [1.165, 1.54) is 12.1 Å². The van der Waals surface area contributed by atoms with Crippen molar-refractivity contribution in [1.82, 2.24) is 0 Å². The minimum Gasteiger partial charge on any atom is -0.258 e. The van der Waals surface area contributed by atoms with Crippen LogP contribution in [0.4, 0.5) is 10.1 Å². The number of non-ortho nitro benzene ring substituents is 1. The van der Waals surface area contributed by atoms with Gasteiger partial charge in [-0.1, -0.05) is 13.8 Å². The molecule has 0 heterocycles. The molecule has 0 bridgehead atoms. The summed E-state index contributed by atoms with van der Waals surface area (Å²) in [4.78, 5) is 9.73. The summed E-state index contributed by atoms with van der Waals surface area (Å²) in [5.41, 5.74) is 0.334. The van der Waals surface area contributed by atoms with Crippen molar-refractivity contribution in [3.05, 3.63) is 39.7 Å². The number of halogens is 1. The first-order valence-corrected chi connectivity index (χ1v) is 4.43. The Kier molecular flexibility index (Phi) is 3.17. The molecule has 0 aliphatic rings. The van der Waals surface area contributed by atoms with Gasteiger partial charge in [0.15, 0.2) is 0 Å². The van der Waals surface area contributed by atoms with E-state index in [9.17, 15) is 14.5 Å². The highest BCUT2D eigenvalue weighted by atomic mass is 19.1. The zero-order chi connectivity index (χ0) is 10.7. The van der Waals surface area contributed by atoms with E-state index < -0.39 is 10.7 Å². The molecular formula is C10H12FNO2. The van der Waals surface area contributed by atoms with Gasteiger partial charge in [-0.2, -0.15) is 0 Å². The van der Waals surface area contributed by atoms with Crippen molar-refractivity contribution in [3.63, 3.8) is 0 Å². The predicted octanol–water partition coefficient (Wildman–Crippen LogP) is 2.93. The lowest BCUT2D eigenvalue weighted by molar-refractivity contribution is -0.385. The summed E-state index contributed by atoms with van der Waals surface area (Å²) < 4.78 is 13.3. The lowest BCUT2D eigenvalue weighted by Gasteiger charge is -2.05. The molecule has 76 valence electrons. The summed E-state index contributed by atoms with van der Waals surface area (Å²) in [5, 5.41) is 10.3. The molecule has 0 atom stereocenters. The molecule has 0 amide bonds. The zero-order valence-corrected chi connectivity index (χ0v) is 8.16. The molecule has 0 radical (unpaired) electrons. The van der Waals surface area contributed by atoms with E-state index in [2.05, 4.69) is 0 Å². The Bertz CT molecular complexity index is 350. The number of nitrogens with zero attached hydrogens (tertiary/aromatic N) is 1. The Morgan fingerprint density at radius 1 is 1.50 bits per heavy atom. The Morgan fingerprint density at radius 3 is 2.57 bits per heavy atom. The van der Waals surface area contributed by atoms with Crippen LogP contribution in [0.5, 0.6) is 0 Å². The first-order valence-electron chi connectivity index (χ1n) is 4.43. The van der Waals surface area contributed by atoms with Crippen LogP contribution in [0.1, 0.15) is 19.4 Å². The van der Waals surface area contributed by atoms with Crippen LogP contribution in [0.2, 0.25) is 0 Å². The quantitative estimate of drug-likeness (QED) is 0.552. The molecule has 0 unspecified atom stereocenters. The maximum atomic E-state index is 13.3. The van der Waals surface area contributed by atoms with E-state index >= 15 is 0 Å². The smallest absolute Gasteiger partial charge is 0.258 e. The summed E-state index contributed by atoms with van der Waals surface area (Å²) in [5.74, 6) is -0.154. The molecule has 0 saturated carbocycles. The maximum absolute atomic E-state index is 13.3. The van der Waals surface area contributed by atoms with E-state index in [0.717, 1.165) is 6.07 Å². The minimum absolute atomic E-state index is 0.199. The van der Waals surface area contributed by atoms with Crippen molar-refractivity contribution in [2.24, 2.45) is 5.92 Å². The third-order valence-corrected chi connectivity index (χ3v) is 1.88. The highest BCUT2D eigenvalue weighted by Crippen LogP contribution is 2.18. The van der Waals surface area contributed by atoms with Crippen LogP contribution < -0.4 is 0 Å². The average molecular weight is 197 g/mol. The number of benzene rings is 1. The fourth-order valence-corrected chi connectivity index (χ4v) is 1.26. The number of nitro groups is 1. The second-order valence-corrected chi connectivity index (χ2v) is 3.63. The Morgan fingerprint density at radius 2 is 2.14 bits per heavy atom. The van der Waals surface area contributed by atoms with Crippen molar-refractivity contribution in [1.29, 1.82) is 0 Å². The molecule has 0 aliphatic carbocycles. The third-order valence-electron chi connectivity index (χ3n) is 1.88. The Labute approximate surface area is 81.7 Å². The molecule has 0 aliphatic heterocycles. The fraction of sp³-hybridized carbons (Fsp3) is 0.400.